The van der Waals surface area contributed by atoms with Gasteiger partial charge in [0.25, 0.3) is 5.91 Å². The van der Waals surface area contributed by atoms with Gasteiger partial charge in [0.1, 0.15) is 11.5 Å². The summed E-state index contributed by atoms with van der Waals surface area (Å²) in [5.41, 5.74) is 4.42. The van der Waals surface area contributed by atoms with E-state index in [-0.39, 0.29) is 17.9 Å². The van der Waals surface area contributed by atoms with Gasteiger partial charge in [0, 0.05) is 29.6 Å². The Labute approximate surface area is 159 Å². The van der Waals surface area contributed by atoms with Gasteiger partial charge < -0.3 is 9.42 Å². The van der Waals surface area contributed by atoms with E-state index >= 15 is 0 Å². The summed E-state index contributed by atoms with van der Waals surface area (Å²) in [5, 5.41) is 5.17. The number of carbonyl (C=O) groups is 1. The van der Waals surface area contributed by atoms with Crippen molar-refractivity contribution >= 4 is 16.8 Å². The van der Waals surface area contributed by atoms with Crippen LogP contribution in [0.15, 0.2) is 34.9 Å². The Balaban J connectivity index is 1.73. The van der Waals surface area contributed by atoms with Gasteiger partial charge in [-0.15, -0.1) is 0 Å². The third-order valence-electron chi connectivity index (χ3n) is 5.29. The molecule has 0 spiro atoms. The van der Waals surface area contributed by atoms with Gasteiger partial charge in [-0.05, 0) is 44.9 Å². The zero-order valence-electron chi connectivity index (χ0n) is 16.3. The maximum Gasteiger partial charge on any atom is 0.255 e. The Bertz CT molecular complexity index is 1010. The van der Waals surface area contributed by atoms with E-state index in [1.165, 1.54) is 0 Å². The fraction of sp³-hybridized carbons (Fsp3) is 0.409. The predicted octanol–water partition coefficient (Wildman–Crippen LogP) is 4.94. The molecule has 3 aromatic rings. The first-order valence-electron chi connectivity index (χ1n) is 9.59. The quantitative estimate of drug-likeness (QED) is 0.661. The average Bonchev–Trinajstić information content (AvgIpc) is 3.29. The molecule has 140 valence electrons. The SMILES string of the molecule is Cc1ccc2nc(C)cc(C(=O)N3CCC[C@@H]3c3cc(C(C)C)on3)c2c1. The molecule has 0 radical (unpaired) electrons. The molecule has 3 heterocycles. The molecule has 0 aliphatic carbocycles. The van der Waals surface area contributed by atoms with E-state index in [0.717, 1.165) is 58.6 Å². The van der Waals surface area contributed by atoms with Gasteiger partial charge >= 0.3 is 0 Å². The molecule has 5 nitrogen and oxygen atoms in total. The van der Waals surface area contributed by atoms with Crippen LogP contribution in [0.2, 0.25) is 0 Å². The molecule has 0 bridgehead atoms. The molecule has 1 fully saturated rings. The fourth-order valence-electron chi connectivity index (χ4n) is 3.85. The molecule has 1 aliphatic rings. The number of benzene rings is 1. The molecule has 0 saturated carbocycles. The molecule has 1 saturated heterocycles. The van der Waals surface area contributed by atoms with Crippen LogP contribution in [0.4, 0.5) is 0 Å². The van der Waals surface area contributed by atoms with Crippen molar-refractivity contribution in [3.05, 3.63) is 58.6 Å². The van der Waals surface area contributed by atoms with Crippen molar-refractivity contribution in [2.24, 2.45) is 0 Å². The number of hydrogen-bond acceptors (Lipinski definition) is 4. The smallest absolute Gasteiger partial charge is 0.255 e. The minimum atomic E-state index is -0.0259. The van der Waals surface area contributed by atoms with Crippen LogP contribution in [0.5, 0.6) is 0 Å². The van der Waals surface area contributed by atoms with Gasteiger partial charge in [-0.2, -0.15) is 0 Å². The summed E-state index contributed by atoms with van der Waals surface area (Å²) in [4.78, 5) is 20.0. The Morgan fingerprint density at radius 3 is 2.78 bits per heavy atom. The number of fused-ring (bicyclic) bond motifs is 1. The highest BCUT2D eigenvalue weighted by Gasteiger charge is 2.33. The van der Waals surface area contributed by atoms with Gasteiger partial charge in [-0.25, -0.2) is 0 Å². The lowest BCUT2D eigenvalue weighted by molar-refractivity contribution is 0.0732. The fourth-order valence-corrected chi connectivity index (χ4v) is 3.85. The first-order chi connectivity index (χ1) is 12.9. The third kappa shape index (κ3) is 3.22. The second-order valence-corrected chi connectivity index (χ2v) is 7.80. The first-order valence-corrected chi connectivity index (χ1v) is 9.59. The summed E-state index contributed by atoms with van der Waals surface area (Å²) >= 11 is 0. The zero-order chi connectivity index (χ0) is 19.1. The molecular formula is C22H25N3O2. The first kappa shape index (κ1) is 17.7. The molecule has 1 amide bonds. The summed E-state index contributed by atoms with van der Waals surface area (Å²) in [6.07, 6.45) is 1.89. The largest absolute Gasteiger partial charge is 0.361 e. The van der Waals surface area contributed by atoms with Crippen LogP contribution in [-0.2, 0) is 0 Å². The second kappa shape index (κ2) is 6.80. The maximum absolute atomic E-state index is 13.5. The monoisotopic (exact) mass is 363 g/mol. The second-order valence-electron chi connectivity index (χ2n) is 7.80. The van der Waals surface area contributed by atoms with Crippen LogP contribution < -0.4 is 0 Å². The van der Waals surface area contributed by atoms with E-state index in [0.29, 0.717) is 0 Å². The molecule has 4 rings (SSSR count). The van der Waals surface area contributed by atoms with Crippen molar-refractivity contribution in [2.75, 3.05) is 6.54 Å². The summed E-state index contributed by atoms with van der Waals surface area (Å²) < 4.78 is 5.48. The highest BCUT2D eigenvalue weighted by Crippen LogP contribution is 2.35. The normalized spacial score (nSPS) is 17.2. The van der Waals surface area contributed by atoms with Crippen molar-refractivity contribution in [3.8, 4) is 0 Å². The number of carbonyl (C=O) groups excluding carboxylic acids is 1. The molecule has 0 N–H and O–H groups in total. The van der Waals surface area contributed by atoms with Gasteiger partial charge in [0.05, 0.1) is 17.1 Å². The third-order valence-corrected chi connectivity index (χ3v) is 5.29. The minimum Gasteiger partial charge on any atom is -0.361 e. The van der Waals surface area contributed by atoms with E-state index in [2.05, 4.69) is 24.0 Å². The lowest BCUT2D eigenvalue weighted by Gasteiger charge is -2.24. The predicted molar refractivity (Wildman–Crippen MR) is 105 cm³/mol. The Kier molecular flexibility index (Phi) is 4.46. The van der Waals surface area contributed by atoms with Crippen LogP contribution in [0.25, 0.3) is 10.9 Å². The van der Waals surface area contributed by atoms with Crippen molar-refractivity contribution in [3.63, 3.8) is 0 Å². The summed E-state index contributed by atoms with van der Waals surface area (Å²) in [6.45, 7) is 8.87. The number of pyridine rings is 1. The molecule has 27 heavy (non-hydrogen) atoms. The van der Waals surface area contributed by atoms with E-state index in [1.54, 1.807) is 0 Å². The average molecular weight is 363 g/mol. The van der Waals surface area contributed by atoms with E-state index < -0.39 is 0 Å². The van der Waals surface area contributed by atoms with Crippen molar-refractivity contribution in [1.29, 1.82) is 0 Å². The van der Waals surface area contributed by atoms with Gasteiger partial charge in [0.15, 0.2) is 0 Å². The minimum absolute atomic E-state index is 0.0259. The van der Waals surface area contributed by atoms with Crippen LogP contribution in [0, 0.1) is 13.8 Å². The van der Waals surface area contributed by atoms with Gasteiger partial charge in [-0.1, -0.05) is 30.6 Å². The number of amides is 1. The summed E-state index contributed by atoms with van der Waals surface area (Å²) in [6, 6.07) is 9.95. The zero-order valence-corrected chi connectivity index (χ0v) is 16.3. The van der Waals surface area contributed by atoms with Crippen molar-refractivity contribution < 1.29 is 9.32 Å². The highest BCUT2D eigenvalue weighted by atomic mass is 16.5. The number of rotatable bonds is 3. The maximum atomic E-state index is 13.5. The number of likely N-dealkylation sites (tertiary alicyclic amines) is 1. The molecule has 0 unspecified atom stereocenters. The molecular weight excluding hydrogens is 338 g/mol. The molecule has 1 aliphatic heterocycles. The van der Waals surface area contributed by atoms with E-state index in [1.807, 2.05) is 49.1 Å². The van der Waals surface area contributed by atoms with Crippen LogP contribution in [-0.4, -0.2) is 27.5 Å². The molecule has 1 aromatic carbocycles. The highest BCUT2D eigenvalue weighted by molar-refractivity contribution is 6.06. The van der Waals surface area contributed by atoms with Crippen molar-refractivity contribution in [2.45, 2.75) is 52.5 Å². The Morgan fingerprint density at radius 1 is 1.22 bits per heavy atom. The van der Waals surface area contributed by atoms with Gasteiger partial charge in [0.2, 0.25) is 0 Å². The van der Waals surface area contributed by atoms with Crippen LogP contribution in [0.3, 0.4) is 0 Å². The topological polar surface area (TPSA) is 59.2 Å². The van der Waals surface area contributed by atoms with Crippen molar-refractivity contribution in [1.82, 2.24) is 15.0 Å². The number of aryl methyl sites for hydroxylation is 2. The number of hydrogen-bond donors (Lipinski definition) is 0. The van der Waals surface area contributed by atoms with Crippen LogP contribution >= 0.6 is 0 Å². The Hall–Kier alpha value is -2.69. The lowest BCUT2D eigenvalue weighted by Crippen LogP contribution is -2.31. The van der Waals surface area contributed by atoms with E-state index in [4.69, 9.17) is 4.52 Å². The van der Waals surface area contributed by atoms with Gasteiger partial charge in [-0.3, -0.25) is 9.78 Å². The molecule has 1 atom stereocenters. The summed E-state index contributed by atoms with van der Waals surface area (Å²) in [5.74, 6) is 1.20. The number of nitrogens with zero attached hydrogens (tertiary/aromatic N) is 3. The lowest BCUT2D eigenvalue weighted by atomic mass is 10.0. The van der Waals surface area contributed by atoms with E-state index in [9.17, 15) is 4.79 Å². The Morgan fingerprint density at radius 2 is 2.04 bits per heavy atom. The standard InChI is InChI=1S/C22H25N3O2/c1-13(2)21-12-19(24-27-21)20-6-5-9-25(20)22(26)17-11-15(4)23-18-8-7-14(3)10-16(17)18/h7-8,10-13,20H,5-6,9H2,1-4H3/t20-/m1/s1. The number of aromatic nitrogens is 2. The molecule has 5 heteroatoms. The van der Waals surface area contributed by atoms with Crippen LogP contribution in [0.1, 0.15) is 71.7 Å². The summed E-state index contributed by atoms with van der Waals surface area (Å²) in [7, 11) is 0. The molecule has 2 aromatic heterocycles.